The van der Waals surface area contributed by atoms with Crippen molar-refractivity contribution >= 4 is 5.97 Å². The molecule has 0 saturated heterocycles. The first kappa shape index (κ1) is 12.5. The number of hydrogen-bond donors (Lipinski definition) is 3. The summed E-state index contributed by atoms with van der Waals surface area (Å²) in [5.41, 5.74) is 0.199. The van der Waals surface area contributed by atoms with Crippen LogP contribution in [-0.4, -0.2) is 32.9 Å². The molecule has 0 aliphatic heterocycles. The minimum Gasteiger partial charge on any atom is -0.419 e. The topological polar surface area (TPSA) is 87.0 Å². The minimum atomic E-state index is -2.66. The van der Waals surface area contributed by atoms with Gasteiger partial charge in [0.05, 0.1) is 5.56 Å². The van der Waals surface area contributed by atoms with Gasteiger partial charge in [0, 0.05) is 0 Å². The van der Waals surface area contributed by atoms with E-state index >= 15 is 0 Å². The highest BCUT2D eigenvalue weighted by atomic mass is 16.7. The molecule has 1 aliphatic carbocycles. The van der Waals surface area contributed by atoms with Crippen molar-refractivity contribution < 1.29 is 24.9 Å². The number of benzene rings is 1. The van der Waals surface area contributed by atoms with Crippen molar-refractivity contribution in [3.8, 4) is 0 Å². The maximum absolute atomic E-state index is 11.7. The first-order valence-electron chi connectivity index (χ1n) is 5.27. The third kappa shape index (κ3) is 2.19. The molecule has 0 bridgehead atoms. The summed E-state index contributed by atoms with van der Waals surface area (Å²) in [5.74, 6) is -6.02. The summed E-state index contributed by atoms with van der Waals surface area (Å²) < 4.78 is 4.76. The number of aliphatic hydroxyl groups is 3. The van der Waals surface area contributed by atoms with Crippen molar-refractivity contribution in [1.29, 1.82) is 0 Å². The van der Waals surface area contributed by atoms with E-state index in [4.69, 9.17) is 4.74 Å². The standard InChI is InChI=1S/C13H12O5/c14-11(10-6-2-1-3-7-10)18-13(17)9-5-4-8-12(13,15)16/h1-9,15-17H. The zero-order chi connectivity index (χ0) is 13.2. The molecular formula is C13H12O5. The predicted octanol–water partition coefficient (Wildman–Crippen LogP) is 0.339. The summed E-state index contributed by atoms with van der Waals surface area (Å²) in [6, 6.07) is 7.96. The Morgan fingerprint density at radius 3 is 2.22 bits per heavy atom. The van der Waals surface area contributed by atoms with E-state index in [-0.39, 0.29) is 5.56 Å². The zero-order valence-corrected chi connectivity index (χ0v) is 9.35. The summed E-state index contributed by atoms with van der Waals surface area (Å²) in [5, 5.41) is 29.1. The number of esters is 1. The Morgan fingerprint density at radius 1 is 1.00 bits per heavy atom. The van der Waals surface area contributed by atoms with E-state index in [0.29, 0.717) is 0 Å². The smallest absolute Gasteiger partial charge is 0.341 e. The molecule has 94 valence electrons. The zero-order valence-electron chi connectivity index (χ0n) is 9.35. The van der Waals surface area contributed by atoms with Crippen molar-refractivity contribution in [2.24, 2.45) is 0 Å². The number of allylic oxidation sites excluding steroid dienone is 2. The Morgan fingerprint density at radius 2 is 1.61 bits per heavy atom. The summed E-state index contributed by atoms with van der Waals surface area (Å²) in [4.78, 5) is 11.7. The first-order valence-corrected chi connectivity index (χ1v) is 5.27. The lowest BCUT2D eigenvalue weighted by Crippen LogP contribution is -2.55. The van der Waals surface area contributed by atoms with Gasteiger partial charge in [0.15, 0.2) is 0 Å². The van der Waals surface area contributed by atoms with Gasteiger partial charge in [-0.2, -0.15) is 0 Å². The maximum atomic E-state index is 11.7. The summed E-state index contributed by atoms with van der Waals surface area (Å²) in [6.45, 7) is 0. The minimum absolute atomic E-state index is 0.199. The van der Waals surface area contributed by atoms with Crippen LogP contribution in [0.2, 0.25) is 0 Å². The third-order valence-corrected chi connectivity index (χ3v) is 2.55. The summed E-state index contributed by atoms with van der Waals surface area (Å²) in [6.07, 6.45) is 4.59. The van der Waals surface area contributed by atoms with Crippen LogP contribution in [0.25, 0.3) is 0 Å². The molecule has 1 aromatic rings. The van der Waals surface area contributed by atoms with Crippen LogP contribution in [-0.2, 0) is 4.74 Å². The van der Waals surface area contributed by atoms with Gasteiger partial charge < -0.3 is 20.1 Å². The Labute approximate surface area is 103 Å². The van der Waals surface area contributed by atoms with E-state index in [9.17, 15) is 20.1 Å². The monoisotopic (exact) mass is 248 g/mol. The molecule has 0 radical (unpaired) electrons. The fraction of sp³-hybridized carbons (Fsp3) is 0.154. The average Bonchev–Trinajstić information content (AvgIpc) is 2.34. The molecule has 1 aromatic carbocycles. The van der Waals surface area contributed by atoms with Gasteiger partial charge in [0.2, 0.25) is 0 Å². The van der Waals surface area contributed by atoms with Gasteiger partial charge in [-0.05, 0) is 24.3 Å². The van der Waals surface area contributed by atoms with E-state index in [1.165, 1.54) is 24.3 Å². The fourth-order valence-electron chi connectivity index (χ4n) is 1.50. The van der Waals surface area contributed by atoms with Crippen LogP contribution in [0.3, 0.4) is 0 Å². The van der Waals surface area contributed by atoms with Gasteiger partial charge in [-0.3, -0.25) is 0 Å². The van der Waals surface area contributed by atoms with Gasteiger partial charge in [-0.15, -0.1) is 0 Å². The molecule has 18 heavy (non-hydrogen) atoms. The largest absolute Gasteiger partial charge is 0.419 e. The number of carbonyl (C=O) groups excluding carboxylic acids is 1. The number of ether oxygens (including phenoxy) is 1. The molecule has 5 heteroatoms. The second-order valence-electron chi connectivity index (χ2n) is 3.90. The molecular weight excluding hydrogens is 236 g/mol. The Hall–Kier alpha value is -1.95. The van der Waals surface area contributed by atoms with Gasteiger partial charge in [-0.1, -0.05) is 30.4 Å². The SMILES string of the molecule is O=C(OC1(O)C=CC=CC1(O)O)c1ccccc1. The van der Waals surface area contributed by atoms with Gasteiger partial charge in [-0.25, -0.2) is 4.79 Å². The van der Waals surface area contributed by atoms with E-state index in [1.807, 2.05) is 0 Å². The Kier molecular flexibility index (Phi) is 3.04. The lowest BCUT2D eigenvalue weighted by atomic mass is 10.0. The highest BCUT2D eigenvalue weighted by molar-refractivity contribution is 5.89. The van der Waals surface area contributed by atoms with Crippen LogP contribution in [0, 0.1) is 0 Å². The van der Waals surface area contributed by atoms with Gasteiger partial charge >= 0.3 is 5.97 Å². The molecule has 0 amide bonds. The normalized spacial score (nSPS) is 24.8. The second kappa shape index (κ2) is 4.38. The van der Waals surface area contributed by atoms with Crippen molar-refractivity contribution in [3.63, 3.8) is 0 Å². The van der Waals surface area contributed by atoms with Crippen LogP contribution < -0.4 is 0 Å². The third-order valence-electron chi connectivity index (χ3n) is 2.55. The molecule has 0 aromatic heterocycles. The lowest BCUT2D eigenvalue weighted by Gasteiger charge is -2.35. The highest BCUT2D eigenvalue weighted by Gasteiger charge is 2.49. The summed E-state index contributed by atoms with van der Waals surface area (Å²) >= 11 is 0. The number of carbonyl (C=O) groups is 1. The van der Waals surface area contributed by atoms with Gasteiger partial charge in [0.25, 0.3) is 11.6 Å². The molecule has 1 aliphatic rings. The molecule has 0 heterocycles. The molecule has 2 rings (SSSR count). The van der Waals surface area contributed by atoms with Gasteiger partial charge in [0.1, 0.15) is 0 Å². The van der Waals surface area contributed by atoms with E-state index in [1.54, 1.807) is 18.2 Å². The van der Waals surface area contributed by atoms with E-state index in [0.717, 1.165) is 12.2 Å². The summed E-state index contributed by atoms with van der Waals surface area (Å²) in [7, 11) is 0. The van der Waals surface area contributed by atoms with Crippen LogP contribution >= 0.6 is 0 Å². The fourth-order valence-corrected chi connectivity index (χ4v) is 1.50. The molecule has 1 atom stereocenters. The van der Waals surface area contributed by atoms with E-state index in [2.05, 4.69) is 0 Å². The maximum Gasteiger partial charge on any atom is 0.341 e. The number of rotatable bonds is 2. The van der Waals surface area contributed by atoms with Crippen molar-refractivity contribution in [2.45, 2.75) is 11.6 Å². The van der Waals surface area contributed by atoms with Crippen LogP contribution in [0.1, 0.15) is 10.4 Å². The average molecular weight is 248 g/mol. The second-order valence-corrected chi connectivity index (χ2v) is 3.90. The van der Waals surface area contributed by atoms with Crippen LogP contribution in [0.4, 0.5) is 0 Å². The van der Waals surface area contributed by atoms with Crippen LogP contribution in [0.15, 0.2) is 54.6 Å². The lowest BCUT2D eigenvalue weighted by molar-refractivity contribution is -0.306. The van der Waals surface area contributed by atoms with Crippen LogP contribution in [0.5, 0.6) is 0 Å². The van der Waals surface area contributed by atoms with Crippen molar-refractivity contribution in [2.75, 3.05) is 0 Å². The van der Waals surface area contributed by atoms with Crippen molar-refractivity contribution in [3.05, 3.63) is 60.2 Å². The van der Waals surface area contributed by atoms with Crippen molar-refractivity contribution in [1.82, 2.24) is 0 Å². The number of hydrogen-bond acceptors (Lipinski definition) is 5. The predicted molar refractivity (Wildman–Crippen MR) is 62.3 cm³/mol. The van der Waals surface area contributed by atoms with E-state index < -0.39 is 17.5 Å². The molecule has 1 unspecified atom stereocenters. The molecule has 0 saturated carbocycles. The molecule has 0 fully saturated rings. The Bertz CT molecular complexity index is 503. The highest BCUT2D eigenvalue weighted by Crippen LogP contribution is 2.28. The quantitative estimate of drug-likeness (QED) is 0.519. The molecule has 0 spiro atoms. The Balaban J connectivity index is 2.21. The molecule has 3 N–H and O–H groups in total. The molecule has 5 nitrogen and oxygen atoms in total. The first-order chi connectivity index (χ1) is 8.45.